The normalized spacial score (nSPS) is 14.2. The average molecular weight is 789 g/mol. The number of esters is 1. The first-order chi connectivity index (χ1) is 26.3. The largest absolute Gasteiger partial charge is 0.498 e. The number of phosphoric acid groups is 1. The summed E-state index contributed by atoms with van der Waals surface area (Å²) in [6.45, 7) is 2.90. The summed E-state index contributed by atoms with van der Waals surface area (Å²) in [6.07, 6.45) is 43.6. The van der Waals surface area contributed by atoms with Gasteiger partial charge in [-0.15, -0.1) is 0 Å². The van der Waals surface area contributed by atoms with Crippen LogP contribution in [0.25, 0.3) is 0 Å². The van der Waals surface area contributed by atoms with Crippen molar-refractivity contribution in [2.24, 2.45) is 0 Å². The lowest BCUT2D eigenvalue weighted by Gasteiger charge is -2.20. The first-order valence-corrected chi connectivity index (χ1v) is 23.9. The fourth-order valence-corrected chi connectivity index (χ4v) is 7.05. The maximum atomic E-state index is 12.6. The van der Waals surface area contributed by atoms with E-state index in [1.54, 1.807) is 6.26 Å². The second kappa shape index (κ2) is 41.4. The van der Waals surface area contributed by atoms with Crippen molar-refractivity contribution in [1.29, 1.82) is 0 Å². The number of rotatable bonds is 43. The minimum absolute atomic E-state index is 0.0333. The minimum atomic E-state index is -4.53. The first kappa shape index (κ1) is 52.8. The van der Waals surface area contributed by atoms with Gasteiger partial charge in [0, 0.05) is 6.42 Å². The van der Waals surface area contributed by atoms with Crippen molar-refractivity contribution in [2.45, 2.75) is 225 Å². The minimum Gasteiger partial charge on any atom is -0.498 e. The van der Waals surface area contributed by atoms with Gasteiger partial charge in [0.1, 0.15) is 12.7 Å². The van der Waals surface area contributed by atoms with Crippen molar-refractivity contribution in [3.63, 3.8) is 0 Å². The van der Waals surface area contributed by atoms with E-state index in [-0.39, 0.29) is 13.0 Å². The van der Waals surface area contributed by atoms with Gasteiger partial charge in [0.25, 0.3) is 0 Å². The van der Waals surface area contributed by atoms with E-state index in [0.717, 1.165) is 38.5 Å². The van der Waals surface area contributed by atoms with Crippen molar-refractivity contribution >= 4 is 13.8 Å². The van der Waals surface area contributed by atoms with Crippen LogP contribution in [0.4, 0.5) is 0 Å². The summed E-state index contributed by atoms with van der Waals surface area (Å²) in [6, 6.07) is 0. The second-order valence-electron chi connectivity index (χ2n) is 15.1. The summed E-state index contributed by atoms with van der Waals surface area (Å²) in [5.41, 5.74) is 0. The third kappa shape index (κ3) is 40.4. The van der Waals surface area contributed by atoms with Crippen LogP contribution < -0.4 is 0 Å². The van der Waals surface area contributed by atoms with Gasteiger partial charge >= 0.3 is 13.8 Å². The standard InChI is InChI=1S/C44H85O9P/c1-3-5-7-9-11-13-15-17-19-21-22-24-26-28-30-32-34-36-44(47)53-43(41-52-54(48,49)51-39-42(46)38-45)40-50-37-35-33-31-29-27-25-23-20-18-16-14-12-10-8-6-4-2/h17,19,35,37,42-43,45-46H,3-16,18,20-34,36,38-41H2,1-2H3,(H,48,49)/b19-17-,37-35-/t42-,43+/m0/s1. The fourth-order valence-electron chi connectivity index (χ4n) is 6.26. The molecule has 1 unspecified atom stereocenters. The number of carbonyl (C=O) groups excluding carboxylic acids is 1. The van der Waals surface area contributed by atoms with Crippen LogP contribution in [-0.2, 0) is 27.9 Å². The monoisotopic (exact) mass is 789 g/mol. The van der Waals surface area contributed by atoms with Crippen LogP contribution >= 0.6 is 7.82 Å². The number of phosphoric ester groups is 1. The van der Waals surface area contributed by atoms with E-state index in [0.29, 0.717) is 6.42 Å². The summed E-state index contributed by atoms with van der Waals surface area (Å²) in [5, 5.41) is 18.3. The molecule has 0 spiro atoms. The molecule has 0 heterocycles. The van der Waals surface area contributed by atoms with E-state index in [1.165, 1.54) is 148 Å². The molecule has 0 saturated carbocycles. The number of unbranched alkanes of at least 4 members (excludes halogenated alkanes) is 27. The van der Waals surface area contributed by atoms with Crippen molar-refractivity contribution in [1.82, 2.24) is 0 Å². The Morgan fingerprint density at radius 3 is 1.39 bits per heavy atom. The molecule has 0 fully saturated rings. The molecule has 3 atom stereocenters. The van der Waals surface area contributed by atoms with Gasteiger partial charge in [-0.25, -0.2) is 4.57 Å². The van der Waals surface area contributed by atoms with Crippen LogP contribution in [0.2, 0.25) is 0 Å². The summed E-state index contributed by atoms with van der Waals surface area (Å²) in [4.78, 5) is 22.6. The van der Waals surface area contributed by atoms with Gasteiger partial charge in [0.05, 0.1) is 26.1 Å². The Morgan fingerprint density at radius 1 is 0.556 bits per heavy atom. The van der Waals surface area contributed by atoms with E-state index in [9.17, 15) is 19.4 Å². The molecule has 0 aliphatic heterocycles. The van der Waals surface area contributed by atoms with E-state index >= 15 is 0 Å². The number of aliphatic hydroxyl groups excluding tert-OH is 2. The molecular weight excluding hydrogens is 703 g/mol. The van der Waals surface area contributed by atoms with Gasteiger partial charge in [0.15, 0.2) is 6.10 Å². The maximum absolute atomic E-state index is 12.6. The Kier molecular flexibility index (Phi) is 40.5. The number of allylic oxidation sites excluding steroid dienone is 3. The van der Waals surface area contributed by atoms with Crippen LogP contribution in [0.5, 0.6) is 0 Å². The summed E-state index contributed by atoms with van der Waals surface area (Å²) < 4.78 is 33.1. The van der Waals surface area contributed by atoms with Crippen molar-refractivity contribution in [3.8, 4) is 0 Å². The zero-order valence-electron chi connectivity index (χ0n) is 35.0. The summed E-state index contributed by atoms with van der Waals surface area (Å²) >= 11 is 0. The van der Waals surface area contributed by atoms with E-state index in [4.69, 9.17) is 23.6 Å². The number of aliphatic hydroxyl groups is 2. The highest BCUT2D eigenvalue weighted by atomic mass is 31.2. The quantitative estimate of drug-likeness (QED) is 0.0182. The molecule has 0 aromatic rings. The Labute approximate surface area is 332 Å². The van der Waals surface area contributed by atoms with E-state index in [1.807, 2.05) is 6.08 Å². The molecule has 0 amide bonds. The van der Waals surface area contributed by atoms with Gasteiger partial charge < -0.3 is 24.6 Å². The van der Waals surface area contributed by atoms with Crippen molar-refractivity contribution in [2.75, 3.05) is 26.4 Å². The molecule has 3 N–H and O–H groups in total. The second-order valence-corrected chi connectivity index (χ2v) is 16.6. The Bertz CT molecular complexity index is 897. The lowest BCUT2D eigenvalue weighted by Crippen LogP contribution is -2.28. The number of carbonyl (C=O) groups is 1. The van der Waals surface area contributed by atoms with E-state index in [2.05, 4.69) is 26.0 Å². The smallest absolute Gasteiger partial charge is 0.472 e. The Balaban J connectivity index is 4.19. The third-order valence-electron chi connectivity index (χ3n) is 9.70. The molecule has 0 bridgehead atoms. The molecule has 0 aromatic carbocycles. The molecular formula is C44H85O9P. The highest BCUT2D eigenvalue weighted by molar-refractivity contribution is 7.47. The van der Waals surface area contributed by atoms with Crippen LogP contribution in [0.3, 0.4) is 0 Å². The molecule has 0 saturated heterocycles. The van der Waals surface area contributed by atoms with Crippen LogP contribution in [0.1, 0.15) is 213 Å². The fraction of sp³-hybridized carbons (Fsp3) is 0.886. The third-order valence-corrected chi connectivity index (χ3v) is 10.7. The molecule has 54 heavy (non-hydrogen) atoms. The Hall–Kier alpha value is -1.22. The summed E-state index contributed by atoms with van der Waals surface area (Å²) in [5.74, 6) is -0.407. The topological polar surface area (TPSA) is 132 Å². The zero-order chi connectivity index (χ0) is 39.6. The Morgan fingerprint density at radius 2 is 0.944 bits per heavy atom. The predicted octanol–water partition coefficient (Wildman–Crippen LogP) is 12.6. The predicted molar refractivity (Wildman–Crippen MR) is 223 cm³/mol. The molecule has 0 aromatic heterocycles. The van der Waals surface area contributed by atoms with Gasteiger partial charge in [-0.3, -0.25) is 13.8 Å². The molecule has 10 heteroatoms. The maximum Gasteiger partial charge on any atom is 0.472 e. The highest BCUT2D eigenvalue weighted by Crippen LogP contribution is 2.43. The van der Waals surface area contributed by atoms with Crippen molar-refractivity contribution < 1.29 is 43.0 Å². The lowest BCUT2D eigenvalue weighted by molar-refractivity contribution is -0.153. The van der Waals surface area contributed by atoms with Gasteiger partial charge in [-0.05, 0) is 51.0 Å². The number of ether oxygens (including phenoxy) is 2. The molecule has 9 nitrogen and oxygen atoms in total. The zero-order valence-corrected chi connectivity index (χ0v) is 35.8. The van der Waals surface area contributed by atoms with Gasteiger partial charge in [-0.2, -0.15) is 0 Å². The van der Waals surface area contributed by atoms with Crippen LogP contribution in [0.15, 0.2) is 24.5 Å². The molecule has 0 rings (SSSR count). The van der Waals surface area contributed by atoms with E-state index < -0.39 is 45.8 Å². The van der Waals surface area contributed by atoms with Gasteiger partial charge in [-0.1, -0.05) is 174 Å². The SMILES string of the molecule is CCCCCCCC/C=C\CCCCCCCCCC(=O)O[C@H](CO/C=C\CCCCCCCCCCCCCCCC)COP(=O)(O)OC[C@@H](O)CO. The molecule has 0 radical (unpaired) electrons. The van der Waals surface area contributed by atoms with Crippen LogP contribution in [-0.4, -0.2) is 59.7 Å². The highest BCUT2D eigenvalue weighted by Gasteiger charge is 2.26. The number of hydrogen-bond acceptors (Lipinski definition) is 8. The van der Waals surface area contributed by atoms with Crippen molar-refractivity contribution in [3.05, 3.63) is 24.5 Å². The molecule has 0 aliphatic rings. The molecule has 320 valence electrons. The number of hydrogen-bond donors (Lipinski definition) is 3. The average Bonchev–Trinajstić information content (AvgIpc) is 3.16. The summed E-state index contributed by atoms with van der Waals surface area (Å²) in [7, 11) is -4.53. The van der Waals surface area contributed by atoms with Crippen LogP contribution in [0, 0.1) is 0 Å². The van der Waals surface area contributed by atoms with Gasteiger partial charge in [0.2, 0.25) is 0 Å². The lowest BCUT2D eigenvalue weighted by atomic mass is 10.0. The first-order valence-electron chi connectivity index (χ1n) is 22.4. The molecule has 0 aliphatic carbocycles.